The van der Waals surface area contributed by atoms with Gasteiger partial charge in [0, 0.05) is 30.8 Å². The van der Waals surface area contributed by atoms with Crippen LogP contribution in [0.5, 0.6) is 11.5 Å². The number of benzene rings is 3. The monoisotopic (exact) mass is 462 g/mol. The van der Waals surface area contributed by atoms with Gasteiger partial charge in [0.25, 0.3) is 0 Å². The Hall–Kier alpha value is -3.03. The van der Waals surface area contributed by atoms with Gasteiger partial charge in [0.2, 0.25) is 5.91 Å². The van der Waals surface area contributed by atoms with Gasteiger partial charge in [-0.15, -0.1) is 12.4 Å². The Bertz CT molecular complexity index is 1040. The summed E-state index contributed by atoms with van der Waals surface area (Å²) in [5, 5.41) is 6.21. The molecule has 32 heavy (non-hydrogen) atoms. The lowest BCUT2D eigenvalue weighted by atomic mass is 9.88. The Balaban J connectivity index is 0.00000289. The molecule has 3 aromatic rings. The van der Waals surface area contributed by atoms with Crippen molar-refractivity contribution in [3.63, 3.8) is 0 Å². The third-order valence-corrected chi connectivity index (χ3v) is 5.30. The summed E-state index contributed by atoms with van der Waals surface area (Å²) in [4.78, 5) is 12.9. The maximum atomic E-state index is 12.9. The predicted molar refractivity (Wildman–Crippen MR) is 119 cm³/mol. The summed E-state index contributed by atoms with van der Waals surface area (Å²) in [6, 6.07) is 21.2. The van der Waals surface area contributed by atoms with Gasteiger partial charge in [0.1, 0.15) is 11.5 Å². The first kappa shape index (κ1) is 23.6. The second kappa shape index (κ2) is 10.1. The molecule has 168 valence electrons. The summed E-state index contributed by atoms with van der Waals surface area (Å²) in [5.74, 6) is 0.488. The fourth-order valence-electron chi connectivity index (χ4n) is 3.73. The van der Waals surface area contributed by atoms with Crippen LogP contribution in [0.4, 0.5) is 18.9 Å². The van der Waals surface area contributed by atoms with Gasteiger partial charge in [-0.25, -0.2) is 0 Å². The number of halogens is 4. The third kappa shape index (κ3) is 5.60. The molecule has 0 spiro atoms. The van der Waals surface area contributed by atoms with E-state index in [9.17, 15) is 18.0 Å². The van der Waals surface area contributed by atoms with Crippen LogP contribution in [-0.4, -0.2) is 19.0 Å². The molecule has 0 bridgehead atoms. The topological polar surface area (TPSA) is 50.4 Å². The van der Waals surface area contributed by atoms with E-state index in [1.54, 1.807) is 24.3 Å². The summed E-state index contributed by atoms with van der Waals surface area (Å²) in [6.45, 7) is 1.33. The largest absolute Gasteiger partial charge is 0.457 e. The van der Waals surface area contributed by atoms with Crippen LogP contribution in [0.1, 0.15) is 17.0 Å². The number of hydrogen-bond donors (Lipinski definition) is 2. The number of nitrogens with one attached hydrogen (secondary N) is 2. The van der Waals surface area contributed by atoms with Gasteiger partial charge in [-0.1, -0.05) is 36.4 Å². The van der Waals surface area contributed by atoms with E-state index in [0.29, 0.717) is 18.0 Å². The van der Waals surface area contributed by atoms with Crippen LogP contribution in [0.15, 0.2) is 78.9 Å². The predicted octanol–water partition coefficient (Wildman–Crippen LogP) is 5.86. The molecule has 4 rings (SSSR count). The summed E-state index contributed by atoms with van der Waals surface area (Å²) in [5.41, 5.74) is 0.944. The standard InChI is InChI=1S/C24H21F3N2O2.ClH/c25-24(26,27)17-9-11-19(12-10-17)31-20-8-4-7-18(13-20)29-23(30)22-15-28-14-21(22)16-5-2-1-3-6-16;/h1-13,21-22,28H,14-15H2,(H,29,30);1H. The molecule has 3 aromatic carbocycles. The number of carbonyl (C=O) groups is 1. The Kier molecular flexibility index (Phi) is 7.43. The third-order valence-electron chi connectivity index (χ3n) is 5.30. The van der Waals surface area contributed by atoms with Crippen molar-refractivity contribution in [1.82, 2.24) is 5.32 Å². The summed E-state index contributed by atoms with van der Waals surface area (Å²) < 4.78 is 43.8. The number of alkyl halides is 3. The second-order valence-corrected chi connectivity index (χ2v) is 7.42. The molecular formula is C24H22ClF3N2O2. The zero-order valence-electron chi connectivity index (χ0n) is 16.9. The number of amides is 1. The molecule has 0 aromatic heterocycles. The van der Waals surface area contributed by atoms with E-state index in [0.717, 1.165) is 24.2 Å². The van der Waals surface area contributed by atoms with Gasteiger partial charge >= 0.3 is 6.18 Å². The molecular weight excluding hydrogens is 441 g/mol. The molecule has 1 fully saturated rings. The van der Waals surface area contributed by atoms with Crippen molar-refractivity contribution < 1.29 is 22.7 Å². The molecule has 2 unspecified atom stereocenters. The zero-order valence-corrected chi connectivity index (χ0v) is 17.7. The first-order valence-corrected chi connectivity index (χ1v) is 9.92. The molecule has 1 aliphatic rings. The van der Waals surface area contributed by atoms with Gasteiger partial charge in [-0.2, -0.15) is 13.2 Å². The number of rotatable bonds is 5. The van der Waals surface area contributed by atoms with Crippen molar-refractivity contribution in [2.24, 2.45) is 5.92 Å². The highest BCUT2D eigenvalue weighted by molar-refractivity contribution is 5.93. The Morgan fingerprint density at radius 2 is 1.62 bits per heavy atom. The van der Waals surface area contributed by atoms with Crippen LogP contribution in [0.25, 0.3) is 0 Å². The number of anilines is 1. The second-order valence-electron chi connectivity index (χ2n) is 7.42. The van der Waals surface area contributed by atoms with E-state index in [4.69, 9.17) is 4.74 Å². The van der Waals surface area contributed by atoms with E-state index in [-0.39, 0.29) is 35.9 Å². The fourth-order valence-corrected chi connectivity index (χ4v) is 3.73. The minimum absolute atomic E-state index is 0. The van der Waals surface area contributed by atoms with Crippen LogP contribution >= 0.6 is 12.4 Å². The summed E-state index contributed by atoms with van der Waals surface area (Å²) in [7, 11) is 0. The molecule has 0 aliphatic carbocycles. The highest BCUT2D eigenvalue weighted by Gasteiger charge is 2.34. The van der Waals surface area contributed by atoms with Crippen LogP contribution < -0.4 is 15.4 Å². The van der Waals surface area contributed by atoms with Gasteiger partial charge in [-0.05, 0) is 42.0 Å². The van der Waals surface area contributed by atoms with Crippen LogP contribution in [-0.2, 0) is 11.0 Å². The van der Waals surface area contributed by atoms with E-state index in [1.165, 1.54) is 12.1 Å². The average Bonchev–Trinajstić information content (AvgIpc) is 3.25. The highest BCUT2D eigenvalue weighted by Crippen LogP contribution is 2.32. The van der Waals surface area contributed by atoms with Crippen LogP contribution in [0.3, 0.4) is 0 Å². The quantitative estimate of drug-likeness (QED) is 0.499. The van der Waals surface area contributed by atoms with Crippen molar-refractivity contribution in [3.05, 3.63) is 90.0 Å². The van der Waals surface area contributed by atoms with E-state index >= 15 is 0 Å². The zero-order chi connectivity index (χ0) is 21.8. The Labute approximate surface area is 190 Å². The van der Waals surface area contributed by atoms with Crippen molar-refractivity contribution in [3.8, 4) is 11.5 Å². The number of hydrogen-bond acceptors (Lipinski definition) is 3. The lowest BCUT2D eigenvalue weighted by Crippen LogP contribution is -2.28. The number of ether oxygens (including phenoxy) is 1. The van der Waals surface area contributed by atoms with Crippen LogP contribution in [0.2, 0.25) is 0 Å². The average molecular weight is 463 g/mol. The van der Waals surface area contributed by atoms with Gasteiger partial charge in [-0.3, -0.25) is 4.79 Å². The normalized spacial score (nSPS) is 18.0. The molecule has 4 nitrogen and oxygen atoms in total. The minimum Gasteiger partial charge on any atom is -0.457 e. The summed E-state index contributed by atoms with van der Waals surface area (Å²) in [6.07, 6.45) is -4.39. The van der Waals surface area contributed by atoms with E-state index in [2.05, 4.69) is 10.6 Å². The maximum absolute atomic E-state index is 12.9. The highest BCUT2D eigenvalue weighted by atomic mass is 35.5. The van der Waals surface area contributed by atoms with E-state index in [1.807, 2.05) is 30.3 Å². The van der Waals surface area contributed by atoms with Crippen LogP contribution in [0, 0.1) is 5.92 Å². The van der Waals surface area contributed by atoms with Crippen molar-refractivity contribution in [2.75, 3.05) is 18.4 Å². The number of carbonyl (C=O) groups excluding carboxylic acids is 1. The first-order chi connectivity index (χ1) is 14.9. The molecule has 1 aliphatic heterocycles. The maximum Gasteiger partial charge on any atom is 0.416 e. The smallest absolute Gasteiger partial charge is 0.416 e. The lowest BCUT2D eigenvalue weighted by Gasteiger charge is -2.19. The lowest BCUT2D eigenvalue weighted by molar-refractivity contribution is -0.137. The molecule has 0 radical (unpaired) electrons. The van der Waals surface area contributed by atoms with E-state index < -0.39 is 11.7 Å². The molecule has 1 amide bonds. The van der Waals surface area contributed by atoms with Crippen molar-refractivity contribution in [2.45, 2.75) is 12.1 Å². The molecule has 8 heteroatoms. The Morgan fingerprint density at radius 3 is 2.31 bits per heavy atom. The molecule has 2 atom stereocenters. The fraction of sp³-hybridized carbons (Fsp3) is 0.208. The van der Waals surface area contributed by atoms with Gasteiger partial charge in [0.05, 0.1) is 11.5 Å². The van der Waals surface area contributed by atoms with Gasteiger partial charge in [0.15, 0.2) is 0 Å². The van der Waals surface area contributed by atoms with Crippen molar-refractivity contribution in [1.29, 1.82) is 0 Å². The first-order valence-electron chi connectivity index (χ1n) is 9.92. The van der Waals surface area contributed by atoms with Crippen molar-refractivity contribution >= 4 is 24.0 Å². The molecule has 2 N–H and O–H groups in total. The Morgan fingerprint density at radius 1 is 0.906 bits per heavy atom. The molecule has 1 heterocycles. The van der Waals surface area contributed by atoms with Gasteiger partial charge < -0.3 is 15.4 Å². The summed E-state index contributed by atoms with van der Waals surface area (Å²) >= 11 is 0. The SMILES string of the molecule is Cl.O=C(Nc1cccc(Oc2ccc(C(F)(F)F)cc2)c1)C1CNCC1c1ccccc1. The molecule has 1 saturated heterocycles. The minimum atomic E-state index is -4.39. The molecule has 0 saturated carbocycles.